The highest BCUT2D eigenvalue weighted by Crippen LogP contribution is 2.14. The zero-order valence-corrected chi connectivity index (χ0v) is 13.6. The minimum absolute atomic E-state index is 0.692. The normalized spacial score (nSPS) is 17.2. The van der Waals surface area contributed by atoms with Gasteiger partial charge in [-0.15, -0.1) is 0 Å². The van der Waals surface area contributed by atoms with Crippen molar-refractivity contribution in [3.63, 3.8) is 0 Å². The Balaban J connectivity index is 1.92. The summed E-state index contributed by atoms with van der Waals surface area (Å²) in [5, 5.41) is 6.57. The Morgan fingerprint density at radius 3 is 2.75 bits per heavy atom. The summed E-state index contributed by atoms with van der Waals surface area (Å²) in [4.78, 5) is 4.18. The maximum absolute atomic E-state index is 5.73. The van der Waals surface area contributed by atoms with Crippen LogP contribution in [0.2, 0.25) is 0 Å². The van der Waals surface area contributed by atoms with Crippen molar-refractivity contribution in [2.75, 3.05) is 58.6 Å². The summed E-state index contributed by atoms with van der Waals surface area (Å²) >= 11 is 1.83. The van der Waals surface area contributed by atoms with E-state index in [-0.39, 0.29) is 0 Å². The van der Waals surface area contributed by atoms with Crippen LogP contribution in [0, 0.1) is 5.92 Å². The molecule has 1 heterocycles. The van der Waals surface area contributed by atoms with E-state index in [1.54, 1.807) is 7.05 Å². The zero-order valence-electron chi connectivity index (χ0n) is 12.8. The van der Waals surface area contributed by atoms with Gasteiger partial charge in [0.1, 0.15) is 0 Å². The van der Waals surface area contributed by atoms with Crippen LogP contribution in [0.3, 0.4) is 0 Å². The second-order valence-corrected chi connectivity index (χ2v) is 5.89. The molecule has 0 bridgehead atoms. The molecular formula is C14H29N3O2S. The third-order valence-corrected chi connectivity index (χ3v) is 3.89. The van der Waals surface area contributed by atoms with E-state index in [0.29, 0.717) is 5.92 Å². The van der Waals surface area contributed by atoms with Gasteiger partial charge in [-0.3, -0.25) is 4.99 Å². The molecule has 0 unspecified atom stereocenters. The number of hydrogen-bond acceptors (Lipinski definition) is 4. The fourth-order valence-electron chi connectivity index (χ4n) is 2.04. The summed E-state index contributed by atoms with van der Waals surface area (Å²) in [6.45, 7) is 5.32. The van der Waals surface area contributed by atoms with Gasteiger partial charge in [0.15, 0.2) is 5.96 Å². The maximum Gasteiger partial charge on any atom is 0.191 e. The van der Waals surface area contributed by atoms with Gasteiger partial charge in [-0.25, -0.2) is 0 Å². The standard InChI is InChI=1S/C14H29N3O2S/c1-15-14(17-7-11-20-2)16-6-3-8-19-12-13-4-9-18-10-5-13/h13H,3-12H2,1-2H3,(H2,15,16,17). The molecule has 6 heteroatoms. The van der Waals surface area contributed by atoms with Crippen molar-refractivity contribution in [3.8, 4) is 0 Å². The quantitative estimate of drug-likeness (QED) is 0.382. The highest BCUT2D eigenvalue weighted by molar-refractivity contribution is 7.98. The first-order valence-electron chi connectivity index (χ1n) is 7.45. The summed E-state index contributed by atoms with van der Waals surface area (Å²) in [6, 6.07) is 0. The molecule has 118 valence electrons. The monoisotopic (exact) mass is 303 g/mol. The third-order valence-electron chi connectivity index (χ3n) is 3.27. The molecule has 1 aliphatic rings. The molecule has 1 rings (SSSR count). The van der Waals surface area contributed by atoms with Gasteiger partial charge in [-0.2, -0.15) is 11.8 Å². The summed E-state index contributed by atoms with van der Waals surface area (Å²) < 4.78 is 11.1. The number of rotatable bonds is 9. The van der Waals surface area contributed by atoms with Crippen LogP contribution in [-0.2, 0) is 9.47 Å². The van der Waals surface area contributed by atoms with Crippen molar-refractivity contribution in [1.29, 1.82) is 0 Å². The molecule has 5 nitrogen and oxygen atoms in total. The lowest BCUT2D eigenvalue weighted by molar-refractivity contribution is 0.0203. The van der Waals surface area contributed by atoms with Crippen molar-refractivity contribution in [2.45, 2.75) is 19.3 Å². The molecule has 0 amide bonds. The van der Waals surface area contributed by atoms with E-state index in [0.717, 1.165) is 70.5 Å². The average molecular weight is 303 g/mol. The van der Waals surface area contributed by atoms with E-state index in [1.807, 2.05) is 11.8 Å². The second kappa shape index (κ2) is 12.3. The molecule has 2 N–H and O–H groups in total. The van der Waals surface area contributed by atoms with Crippen LogP contribution in [-0.4, -0.2) is 64.5 Å². The molecule has 0 radical (unpaired) electrons. The Labute approximate surface area is 127 Å². The average Bonchev–Trinajstić information content (AvgIpc) is 2.50. The van der Waals surface area contributed by atoms with Crippen LogP contribution in [0.1, 0.15) is 19.3 Å². The number of nitrogens with one attached hydrogen (secondary N) is 2. The highest BCUT2D eigenvalue weighted by Gasteiger charge is 2.13. The minimum atomic E-state index is 0.692. The summed E-state index contributed by atoms with van der Waals surface area (Å²) in [5.74, 6) is 2.66. The summed E-state index contributed by atoms with van der Waals surface area (Å²) in [7, 11) is 1.80. The van der Waals surface area contributed by atoms with Crippen LogP contribution in [0.15, 0.2) is 4.99 Å². The Hall–Kier alpha value is -0.460. The molecule has 0 aromatic heterocycles. The van der Waals surface area contributed by atoms with E-state index >= 15 is 0 Å². The van der Waals surface area contributed by atoms with Crippen molar-refractivity contribution < 1.29 is 9.47 Å². The first kappa shape index (κ1) is 17.6. The highest BCUT2D eigenvalue weighted by atomic mass is 32.2. The smallest absolute Gasteiger partial charge is 0.191 e. The van der Waals surface area contributed by atoms with E-state index in [2.05, 4.69) is 21.9 Å². The summed E-state index contributed by atoms with van der Waals surface area (Å²) in [6.07, 6.45) is 5.40. The molecule has 0 spiro atoms. The van der Waals surface area contributed by atoms with Crippen LogP contribution in [0.4, 0.5) is 0 Å². The van der Waals surface area contributed by atoms with Gasteiger partial charge in [-0.05, 0) is 31.4 Å². The van der Waals surface area contributed by atoms with Crippen molar-refractivity contribution >= 4 is 17.7 Å². The fourth-order valence-corrected chi connectivity index (χ4v) is 2.34. The Bertz CT molecular complexity index is 259. The Kier molecular flexibility index (Phi) is 10.8. The zero-order chi connectivity index (χ0) is 14.5. The Morgan fingerprint density at radius 2 is 2.05 bits per heavy atom. The third kappa shape index (κ3) is 8.66. The molecule has 0 aliphatic carbocycles. The van der Waals surface area contributed by atoms with Gasteiger partial charge >= 0.3 is 0 Å². The SMILES string of the molecule is CN=C(NCCCOCC1CCOCC1)NCCSC. The topological polar surface area (TPSA) is 54.9 Å². The number of thioether (sulfide) groups is 1. The molecule has 0 aromatic rings. The number of nitrogens with zero attached hydrogens (tertiary/aromatic N) is 1. The van der Waals surface area contributed by atoms with Gasteiger partial charge in [0.25, 0.3) is 0 Å². The molecule has 0 aromatic carbocycles. The largest absolute Gasteiger partial charge is 0.381 e. The number of guanidine groups is 1. The van der Waals surface area contributed by atoms with E-state index < -0.39 is 0 Å². The minimum Gasteiger partial charge on any atom is -0.381 e. The molecule has 1 fully saturated rings. The molecule has 1 aliphatic heterocycles. The maximum atomic E-state index is 5.73. The van der Waals surface area contributed by atoms with E-state index in [9.17, 15) is 0 Å². The summed E-state index contributed by atoms with van der Waals surface area (Å²) in [5.41, 5.74) is 0. The molecule has 0 atom stereocenters. The van der Waals surface area contributed by atoms with Crippen LogP contribution >= 0.6 is 11.8 Å². The van der Waals surface area contributed by atoms with Crippen molar-refractivity contribution in [1.82, 2.24) is 10.6 Å². The fraction of sp³-hybridized carbons (Fsp3) is 0.929. The second-order valence-electron chi connectivity index (χ2n) is 4.90. The molecule has 1 saturated heterocycles. The number of aliphatic imine (C=N–C) groups is 1. The Morgan fingerprint density at radius 1 is 1.30 bits per heavy atom. The van der Waals surface area contributed by atoms with Gasteiger partial charge in [-0.1, -0.05) is 0 Å². The van der Waals surface area contributed by atoms with E-state index in [4.69, 9.17) is 9.47 Å². The number of ether oxygens (including phenoxy) is 2. The number of hydrogen-bond donors (Lipinski definition) is 2. The molecule has 20 heavy (non-hydrogen) atoms. The first-order chi connectivity index (χ1) is 9.86. The van der Waals surface area contributed by atoms with Gasteiger partial charge < -0.3 is 20.1 Å². The van der Waals surface area contributed by atoms with Crippen LogP contribution in [0.5, 0.6) is 0 Å². The van der Waals surface area contributed by atoms with Crippen LogP contribution < -0.4 is 10.6 Å². The van der Waals surface area contributed by atoms with Crippen LogP contribution in [0.25, 0.3) is 0 Å². The van der Waals surface area contributed by atoms with Crippen molar-refractivity contribution in [3.05, 3.63) is 0 Å². The lowest BCUT2D eigenvalue weighted by atomic mass is 10.0. The van der Waals surface area contributed by atoms with Crippen molar-refractivity contribution in [2.24, 2.45) is 10.9 Å². The lowest BCUT2D eigenvalue weighted by Crippen LogP contribution is -2.39. The van der Waals surface area contributed by atoms with E-state index in [1.165, 1.54) is 0 Å². The predicted octanol–water partition coefficient (Wildman–Crippen LogP) is 1.35. The van der Waals surface area contributed by atoms with Gasteiger partial charge in [0.05, 0.1) is 0 Å². The first-order valence-corrected chi connectivity index (χ1v) is 8.85. The molecular weight excluding hydrogens is 274 g/mol. The van der Waals surface area contributed by atoms with Gasteiger partial charge in [0, 0.05) is 52.3 Å². The van der Waals surface area contributed by atoms with Gasteiger partial charge in [0.2, 0.25) is 0 Å². The molecule has 0 saturated carbocycles. The lowest BCUT2D eigenvalue weighted by Gasteiger charge is -2.21. The predicted molar refractivity (Wildman–Crippen MR) is 86.7 cm³/mol.